The van der Waals surface area contributed by atoms with Crippen LogP contribution in [0.3, 0.4) is 0 Å². The average molecular weight is 387 g/mol. The molecule has 0 spiro atoms. The molecule has 0 aliphatic rings. The zero-order valence-electron chi connectivity index (χ0n) is 15.3. The fourth-order valence-corrected chi connectivity index (χ4v) is 1.91. The first-order valence-corrected chi connectivity index (χ1v) is 8.22. The van der Waals surface area contributed by atoms with Crippen LogP contribution in [0.5, 0.6) is 0 Å². The maximum Gasteiger partial charge on any atom is 0.319 e. The van der Waals surface area contributed by atoms with Crippen molar-refractivity contribution in [3.8, 4) is 0 Å². The third-order valence-corrected chi connectivity index (χ3v) is 3.31. The van der Waals surface area contributed by atoms with Gasteiger partial charge < -0.3 is 14.6 Å². The number of hydrogen-bond acceptors (Lipinski definition) is 5. The Morgan fingerprint density at radius 1 is 0.778 bits per heavy atom. The molecule has 1 N–H and O–H groups in total. The first kappa shape index (κ1) is 32.8. The highest BCUT2D eigenvalue weighted by Gasteiger charge is 2.10. The first-order chi connectivity index (χ1) is 11.3. The lowest BCUT2D eigenvalue weighted by atomic mass is 10.1. The van der Waals surface area contributed by atoms with Crippen molar-refractivity contribution in [3.05, 3.63) is 34.9 Å². The summed E-state index contributed by atoms with van der Waals surface area (Å²) < 4.78 is 9.16. The molecule has 0 amide bonds. The second-order valence-electron chi connectivity index (χ2n) is 5.97. The summed E-state index contributed by atoms with van der Waals surface area (Å²) in [5, 5.41) is 8.38. The fourth-order valence-electron chi connectivity index (χ4n) is 1.91. The molecule has 0 heterocycles. The smallest absolute Gasteiger partial charge is 0.319 e. The van der Waals surface area contributed by atoms with Crippen LogP contribution in [0.1, 0.15) is 82.1 Å². The van der Waals surface area contributed by atoms with Crippen LogP contribution in [-0.2, 0) is 19.1 Å². The highest BCUT2D eigenvalue weighted by molar-refractivity contribution is 5.91. The fraction of sp³-hybridized carbons (Fsp3) is 0.636. The molecular weight excluding hydrogens is 344 g/mol. The number of ether oxygens (including phenoxy) is 2. The lowest BCUT2D eigenvalue weighted by molar-refractivity contribution is -0.158. The first-order valence-electron chi connectivity index (χ1n) is 8.22. The van der Waals surface area contributed by atoms with Gasteiger partial charge in [-0.25, -0.2) is 0 Å². The monoisotopic (exact) mass is 386 g/mol. The largest absolute Gasteiger partial charge is 0.461 e. The van der Waals surface area contributed by atoms with Crippen molar-refractivity contribution in [2.75, 3.05) is 13.4 Å². The van der Waals surface area contributed by atoms with Crippen LogP contribution < -0.4 is 0 Å². The zero-order chi connectivity index (χ0) is 18.4. The SMILES string of the molecule is C.C.C.CC(C)=CCC/C(C)=C/CC/C(C)=C/COC(=O)CC(=O)OCO. The van der Waals surface area contributed by atoms with E-state index in [0.717, 1.165) is 31.3 Å². The van der Waals surface area contributed by atoms with Crippen molar-refractivity contribution in [1.29, 1.82) is 0 Å². The Morgan fingerprint density at radius 2 is 1.26 bits per heavy atom. The van der Waals surface area contributed by atoms with Crippen molar-refractivity contribution >= 4 is 11.9 Å². The van der Waals surface area contributed by atoms with Gasteiger partial charge in [0.15, 0.2) is 6.79 Å². The van der Waals surface area contributed by atoms with Gasteiger partial charge in [-0.05, 0) is 59.5 Å². The molecule has 27 heavy (non-hydrogen) atoms. The Morgan fingerprint density at radius 3 is 1.78 bits per heavy atom. The molecule has 0 fully saturated rings. The predicted molar refractivity (Wildman–Crippen MR) is 114 cm³/mol. The molecule has 0 atom stereocenters. The Balaban J connectivity index is -0.000000882. The molecule has 0 aromatic rings. The molecule has 160 valence electrons. The number of carbonyl (C=O) groups excluding carboxylic acids is 2. The quantitative estimate of drug-likeness (QED) is 0.212. The van der Waals surface area contributed by atoms with Gasteiger partial charge in [0, 0.05) is 0 Å². The predicted octanol–water partition coefficient (Wildman–Crippen LogP) is 5.74. The van der Waals surface area contributed by atoms with E-state index in [0.29, 0.717) is 0 Å². The topological polar surface area (TPSA) is 72.8 Å². The number of hydrogen-bond donors (Lipinski definition) is 1. The normalized spacial score (nSPS) is 10.6. The number of rotatable bonds is 11. The summed E-state index contributed by atoms with van der Waals surface area (Å²) in [5.74, 6) is -1.45. The molecular formula is C22H42O5. The van der Waals surface area contributed by atoms with Crippen LogP contribution in [0.15, 0.2) is 34.9 Å². The highest BCUT2D eigenvalue weighted by Crippen LogP contribution is 2.11. The van der Waals surface area contributed by atoms with Gasteiger partial charge in [0.05, 0.1) is 0 Å². The van der Waals surface area contributed by atoms with Gasteiger partial charge in [0.1, 0.15) is 13.0 Å². The van der Waals surface area contributed by atoms with Gasteiger partial charge in [-0.1, -0.05) is 51.2 Å². The van der Waals surface area contributed by atoms with Crippen LogP contribution >= 0.6 is 0 Å². The van der Waals surface area contributed by atoms with E-state index < -0.39 is 25.2 Å². The van der Waals surface area contributed by atoms with E-state index in [1.54, 1.807) is 0 Å². The van der Waals surface area contributed by atoms with Gasteiger partial charge in [-0.2, -0.15) is 0 Å². The van der Waals surface area contributed by atoms with E-state index in [-0.39, 0.29) is 28.9 Å². The molecule has 5 heteroatoms. The zero-order valence-corrected chi connectivity index (χ0v) is 15.3. The van der Waals surface area contributed by atoms with Gasteiger partial charge >= 0.3 is 11.9 Å². The van der Waals surface area contributed by atoms with E-state index >= 15 is 0 Å². The third-order valence-electron chi connectivity index (χ3n) is 3.31. The van der Waals surface area contributed by atoms with Crippen molar-refractivity contribution in [3.63, 3.8) is 0 Å². The molecule has 0 aliphatic carbocycles. The molecule has 0 unspecified atom stereocenters. The Hall–Kier alpha value is -1.88. The number of carbonyl (C=O) groups is 2. The summed E-state index contributed by atoms with van der Waals surface area (Å²) >= 11 is 0. The second kappa shape index (κ2) is 20.4. The number of aliphatic hydroxyl groups excluding tert-OH is 1. The Labute approximate surface area is 167 Å². The van der Waals surface area contributed by atoms with Gasteiger partial charge in [-0.3, -0.25) is 9.59 Å². The van der Waals surface area contributed by atoms with Crippen molar-refractivity contribution in [2.24, 2.45) is 0 Å². The molecule has 0 radical (unpaired) electrons. The minimum Gasteiger partial charge on any atom is -0.461 e. The Kier molecular flexibility index (Phi) is 24.8. The average Bonchev–Trinajstić information content (AvgIpc) is 2.46. The summed E-state index contributed by atoms with van der Waals surface area (Å²) in [6.07, 6.45) is 9.86. The van der Waals surface area contributed by atoms with Gasteiger partial charge in [0.25, 0.3) is 0 Å². The van der Waals surface area contributed by atoms with E-state index in [1.807, 2.05) is 13.0 Å². The van der Waals surface area contributed by atoms with E-state index in [4.69, 9.17) is 9.84 Å². The lowest BCUT2D eigenvalue weighted by Gasteiger charge is -2.04. The lowest BCUT2D eigenvalue weighted by Crippen LogP contribution is -2.14. The minimum atomic E-state index is -0.795. The maximum atomic E-state index is 11.3. The number of aliphatic hydroxyl groups is 1. The van der Waals surface area contributed by atoms with Crippen LogP contribution in [0.4, 0.5) is 0 Å². The summed E-state index contributed by atoms with van der Waals surface area (Å²) in [7, 11) is 0. The van der Waals surface area contributed by atoms with Crippen molar-refractivity contribution < 1.29 is 24.2 Å². The standard InChI is InChI=1S/C19H30O5.3CH4/c1-15(2)7-5-8-16(3)9-6-10-17(4)11-12-23-18(21)13-19(22)24-14-20;;;/h7,9,11,20H,5-6,8,10,12-14H2,1-4H3;3*1H4/b16-9+,17-11+;;;. The van der Waals surface area contributed by atoms with E-state index in [1.165, 1.54) is 11.1 Å². The summed E-state index contributed by atoms with van der Waals surface area (Å²) in [6, 6.07) is 0. The number of esters is 2. The summed E-state index contributed by atoms with van der Waals surface area (Å²) in [4.78, 5) is 22.3. The third kappa shape index (κ3) is 22.1. The van der Waals surface area contributed by atoms with Crippen LogP contribution in [0.25, 0.3) is 0 Å². The molecule has 5 nitrogen and oxygen atoms in total. The van der Waals surface area contributed by atoms with Gasteiger partial charge in [-0.15, -0.1) is 0 Å². The molecule has 0 rings (SSSR count). The van der Waals surface area contributed by atoms with Gasteiger partial charge in [0.2, 0.25) is 0 Å². The summed E-state index contributed by atoms with van der Waals surface area (Å²) in [6.45, 7) is 7.75. The van der Waals surface area contributed by atoms with Crippen molar-refractivity contribution in [1.82, 2.24) is 0 Å². The van der Waals surface area contributed by atoms with Crippen LogP contribution in [0, 0.1) is 0 Å². The molecule has 0 saturated carbocycles. The second-order valence-corrected chi connectivity index (χ2v) is 5.97. The molecule has 0 bridgehead atoms. The molecule has 0 aliphatic heterocycles. The molecule has 0 saturated heterocycles. The molecule has 0 aromatic carbocycles. The maximum absolute atomic E-state index is 11.3. The van der Waals surface area contributed by atoms with Crippen LogP contribution in [0.2, 0.25) is 0 Å². The molecule has 0 aromatic heterocycles. The van der Waals surface area contributed by atoms with E-state index in [2.05, 4.69) is 37.7 Å². The Bertz CT molecular complexity index is 483. The highest BCUT2D eigenvalue weighted by atomic mass is 16.6. The van der Waals surface area contributed by atoms with E-state index in [9.17, 15) is 9.59 Å². The van der Waals surface area contributed by atoms with Crippen molar-refractivity contribution in [2.45, 2.75) is 82.1 Å². The minimum absolute atomic E-state index is 0. The summed E-state index contributed by atoms with van der Waals surface area (Å²) in [5.41, 5.74) is 3.86. The number of allylic oxidation sites excluding steroid dienone is 5. The van der Waals surface area contributed by atoms with Crippen LogP contribution in [-0.4, -0.2) is 30.4 Å².